The lowest BCUT2D eigenvalue weighted by Crippen LogP contribution is -2.56. The molecule has 1 saturated heterocycles. The Morgan fingerprint density at radius 2 is 2.00 bits per heavy atom. The van der Waals surface area contributed by atoms with E-state index in [2.05, 4.69) is 0 Å². The first-order chi connectivity index (χ1) is 13.5. The van der Waals surface area contributed by atoms with Crippen molar-refractivity contribution in [3.63, 3.8) is 0 Å². The van der Waals surface area contributed by atoms with Crippen LogP contribution in [0.15, 0.2) is 12.1 Å². The molecular formula is C20H26BNO6. The van der Waals surface area contributed by atoms with Gasteiger partial charge in [-0.2, -0.15) is 0 Å². The van der Waals surface area contributed by atoms with Gasteiger partial charge >= 0.3 is 13.1 Å². The van der Waals surface area contributed by atoms with E-state index in [4.69, 9.17) is 9.39 Å². The highest BCUT2D eigenvalue weighted by molar-refractivity contribution is 6.44. The molecule has 3 aliphatic rings. The maximum atomic E-state index is 12.3. The van der Waals surface area contributed by atoms with E-state index in [1.54, 1.807) is 17.0 Å². The minimum absolute atomic E-state index is 0.0535. The Morgan fingerprint density at radius 1 is 1.25 bits per heavy atom. The zero-order chi connectivity index (χ0) is 19.7. The maximum Gasteiger partial charge on any atom is 0.522 e. The third-order valence-electron chi connectivity index (χ3n) is 6.06. The summed E-state index contributed by atoms with van der Waals surface area (Å²) in [7, 11) is -1.00. The van der Waals surface area contributed by atoms with Crippen molar-refractivity contribution in [1.82, 2.24) is 4.90 Å². The number of amides is 1. The van der Waals surface area contributed by atoms with Gasteiger partial charge in [-0.05, 0) is 36.7 Å². The molecule has 0 aromatic heterocycles. The Hall–Kier alpha value is -2.22. The van der Waals surface area contributed by atoms with Crippen LogP contribution >= 0.6 is 0 Å². The minimum Gasteiger partial charge on any atom is -0.535 e. The van der Waals surface area contributed by atoms with E-state index in [0.717, 1.165) is 12.0 Å². The molecule has 2 N–H and O–H groups in total. The van der Waals surface area contributed by atoms with Crippen LogP contribution in [-0.4, -0.2) is 53.2 Å². The predicted molar refractivity (Wildman–Crippen MR) is 103 cm³/mol. The van der Waals surface area contributed by atoms with Crippen molar-refractivity contribution in [2.75, 3.05) is 13.1 Å². The molecule has 2 aliphatic heterocycles. The number of carboxylic acid groups (broad SMARTS) is 1. The van der Waals surface area contributed by atoms with Crippen LogP contribution in [0.5, 0.6) is 11.5 Å². The molecule has 1 aromatic rings. The SMILES string of the molecule is O=C(O)c1c(OC2CN(C(=O)CCC3CCCC3)C2)ccc2c1OB(O)CC2. The number of carboxylic acids is 1. The van der Waals surface area contributed by atoms with E-state index in [1.165, 1.54) is 25.7 Å². The zero-order valence-electron chi connectivity index (χ0n) is 15.9. The molecule has 150 valence electrons. The molecule has 7 nitrogen and oxygen atoms in total. The van der Waals surface area contributed by atoms with Gasteiger partial charge in [0, 0.05) is 6.42 Å². The first kappa shape index (κ1) is 19.1. The van der Waals surface area contributed by atoms with E-state index >= 15 is 0 Å². The molecular weight excluding hydrogens is 361 g/mol. The minimum atomic E-state index is -1.15. The summed E-state index contributed by atoms with van der Waals surface area (Å²) in [6, 6.07) is 3.43. The number of fused-ring (bicyclic) bond motifs is 1. The number of aryl methyl sites for hydroxylation is 1. The number of carbonyl (C=O) groups excluding carboxylic acids is 1. The smallest absolute Gasteiger partial charge is 0.522 e. The molecule has 1 aliphatic carbocycles. The van der Waals surface area contributed by atoms with Gasteiger partial charge in [-0.3, -0.25) is 4.79 Å². The quantitative estimate of drug-likeness (QED) is 0.728. The summed E-state index contributed by atoms with van der Waals surface area (Å²) in [5.41, 5.74) is 0.703. The number of aromatic carboxylic acids is 1. The number of likely N-dealkylation sites (tertiary alicyclic amines) is 1. The lowest BCUT2D eigenvalue weighted by atomic mass is 9.78. The summed E-state index contributed by atoms with van der Waals surface area (Å²) in [5.74, 6) is 0.115. The predicted octanol–water partition coefficient (Wildman–Crippen LogP) is 2.36. The standard InChI is InChI=1S/C20H26BNO6/c23-17(8-5-13-3-1-2-4-13)22-11-15(12-22)27-16-7-6-14-9-10-21(26)28-19(14)18(16)20(24)25/h6-7,13,15,26H,1-5,8-12H2,(H,24,25). The summed E-state index contributed by atoms with van der Waals surface area (Å²) in [5, 5.41) is 19.3. The molecule has 0 bridgehead atoms. The third-order valence-corrected chi connectivity index (χ3v) is 6.06. The maximum absolute atomic E-state index is 12.3. The summed E-state index contributed by atoms with van der Waals surface area (Å²) in [4.78, 5) is 25.9. The van der Waals surface area contributed by atoms with Crippen LogP contribution in [0, 0.1) is 5.92 Å². The van der Waals surface area contributed by atoms with Gasteiger partial charge in [0.2, 0.25) is 5.91 Å². The normalized spacial score (nSPS) is 19.8. The third kappa shape index (κ3) is 3.97. The fraction of sp³-hybridized carbons (Fsp3) is 0.600. The monoisotopic (exact) mass is 387 g/mol. The van der Waals surface area contributed by atoms with Crippen molar-refractivity contribution in [3.8, 4) is 11.5 Å². The van der Waals surface area contributed by atoms with Crippen LogP contribution in [0.3, 0.4) is 0 Å². The molecule has 0 spiro atoms. The molecule has 1 aromatic carbocycles. The van der Waals surface area contributed by atoms with Crippen LogP contribution in [0.1, 0.15) is 54.4 Å². The summed E-state index contributed by atoms with van der Waals surface area (Å²) < 4.78 is 11.2. The lowest BCUT2D eigenvalue weighted by molar-refractivity contribution is -0.140. The van der Waals surface area contributed by atoms with E-state index in [0.29, 0.717) is 38.2 Å². The number of carbonyl (C=O) groups is 2. The topological polar surface area (TPSA) is 96.3 Å². The van der Waals surface area contributed by atoms with Gasteiger partial charge in [0.25, 0.3) is 0 Å². The molecule has 8 heteroatoms. The summed E-state index contributed by atoms with van der Waals surface area (Å²) in [6.45, 7) is 0.951. The number of ether oxygens (including phenoxy) is 1. The van der Waals surface area contributed by atoms with Crippen molar-refractivity contribution in [2.45, 2.75) is 57.4 Å². The van der Waals surface area contributed by atoms with Crippen molar-refractivity contribution in [2.24, 2.45) is 5.92 Å². The van der Waals surface area contributed by atoms with E-state index in [9.17, 15) is 19.7 Å². The average Bonchev–Trinajstić information content (AvgIpc) is 3.15. The Labute approximate surface area is 164 Å². The molecule has 1 amide bonds. The molecule has 2 fully saturated rings. The van der Waals surface area contributed by atoms with Gasteiger partial charge in [-0.25, -0.2) is 4.79 Å². The number of rotatable bonds is 6. The number of hydrogen-bond acceptors (Lipinski definition) is 5. The first-order valence-electron chi connectivity index (χ1n) is 10.2. The number of nitrogens with zero attached hydrogens (tertiary/aromatic N) is 1. The second-order valence-corrected chi connectivity index (χ2v) is 8.07. The Bertz CT molecular complexity index is 757. The van der Waals surface area contributed by atoms with Crippen LogP contribution < -0.4 is 9.39 Å². The van der Waals surface area contributed by atoms with Gasteiger partial charge < -0.3 is 24.4 Å². The fourth-order valence-electron chi connectivity index (χ4n) is 4.39. The van der Waals surface area contributed by atoms with Gasteiger partial charge in [0.1, 0.15) is 23.2 Å². The molecule has 4 rings (SSSR count). The Kier molecular flexibility index (Phi) is 5.48. The van der Waals surface area contributed by atoms with Gasteiger partial charge in [0.15, 0.2) is 0 Å². The Morgan fingerprint density at radius 3 is 2.71 bits per heavy atom. The molecule has 2 heterocycles. The van der Waals surface area contributed by atoms with Crippen LogP contribution in [-0.2, 0) is 11.2 Å². The van der Waals surface area contributed by atoms with Crippen molar-refractivity contribution >= 4 is 19.0 Å². The largest absolute Gasteiger partial charge is 0.535 e. The van der Waals surface area contributed by atoms with Crippen LogP contribution in [0.2, 0.25) is 6.32 Å². The van der Waals surface area contributed by atoms with E-state index in [1.807, 2.05) is 0 Å². The van der Waals surface area contributed by atoms with E-state index in [-0.39, 0.29) is 29.1 Å². The van der Waals surface area contributed by atoms with Gasteiger partial charge in [-0.1, -0.05) is 31.7 Å². The highest BCUT2D eigenvalue weighted by Crippen LogP contribution is 2.37. The molecule has 28 heavy (non-hydrogen) atoms. The molecule has 0 atom stereocenters. The van der Waals surface area contributed by atoms with Crippen LogP contribution in [0.25, 0.3) is 0 Å². The molecule has 0 unspecified atom stereocenters. The lowest BCUT2D eigenvalue weighted by Gasteiger charge is -2.39. The zero-order valence-corrected chi connectivity index (χ0v) is 15.9. The fourth-order valence-corrected chi connectivity index (χ4v) is 4.39. The van der Waals surface area contributed by atoms with Gasteiger partial charge in [0.05, 0.1) is 13.1 Å². The van der Waals surface area contributed by atoms with Crippen molar-refractivity contribution in [1.29, 1.82) is 0 Å². The number of benzene rings is 1. The first-order valence-corrected chi connectivity index (χ1v) is 10.2. The second-order valence-electron chi connectivity index (χ2n) is 8.07. The van der Waals surface area contributed by atoms with E-state index < -0.39 is 13.1 Å². The highest BCUT2D eigenvalue weighted by atomic mass is 16.5. The number of hydrogen-bond donors (Lipinski definition) is 2. The second kappa shape index (κ2) is 8.03. The molecule has 1 saturated carbocycles. The van der Waals surface area contributed by atoms with Gasteiger partial charge in [-0.15, -0.1) is 0 Å². The summed E-state index contributed by atoms with van der Waals surface area (Å²) >= 11 is 0. The highest BCUT2D eigenvalue weighted by Gasteiger charge is 2.35. The Balaban J connectivity index is 1.35. The molecule has 0 radical (unpaired) electrons. The van der Waals surface area contributed by atoms with Crippen LogP contribution in [0.4, 0.5) is 0 Å². The average molecular weight is 387 g/mol. The van der Waals surface area contributed by atoms with Crippen molar-refractivity contribution in [3.05, 3.63) is 23.3 Å². The summed E-state index contributed by atoms with van der Waals surface area (Å²) in [6.07, 6.45) is 7.38. The van der Waals surface area contributed by atoms with Crippen molar-refractivity contribution < 1.29 is 29.1 Å².